The first-order valence-electron chi connectivity index (χ1n) is 5.66. The van der Waals surface area contributed by atoms with Crippen LogP contribution in [0.1, 0.15) is 33.6 Å². The summed E-state index contributed by atoms with van der Waals surface area (Å²) in [7, 11) is 1.96. The van der Waals surface area contributed by atoms with Crippen molar-refractivity contribution in [3.63, 3.8) is 0 Å². The summed E-state index contributed by atoms with van der Waals surface area (Å²) in [4.78, 5) is 11.5. The third kappa shape index (κ3) is 1.65. The zero-order chi connectivity index (χ0) is 10.8. The monoisotopic (exact) mass is 198 g/mol. The van der Waals surface area contributed by atoms with Crippen LogP contribution in [-0.4, -0.2) is 25.5 Å². The Morgan fingerprint density at radius 3 is 2.36 bits per heavy atom. The zero-order valence-electron chi connectivity index (χ0n) is 9.68. The first kappa shape index (κ1) is 11.5. The van der Waals surface area contributed by atoms with Crippen molar-refractivity contribution in [1.82, 2.24) is 10.6 Å². The van der Waals surface area contributed by atoms with Crippen LogP contribution in [0.3, 0.4) is 0 Å². The fourth-order valence-corrected chi connectivity index (χ4v) is 2.47. The lowest BCUT2D eigenvalue weighted by molar-refractivity contribution is -0.130. The average Bonchev–Trinajstić information content (AvgIpc) is 2.98. The first-order chi connectivity index (χ1) is 6.70. The molecule has 1 saturated carbocycles. The second-order valence-corrected chi connectivity index (χ2v) is 4.11. The van der Waals surface area contributed by atoms with E-state index in [0.717, 1.165) is 19.4 Å². The molecule has 82 valence electrons. The van der Waals surface area contributed by atoms with Crippen LogP contribution in [0, 0.1) is 11.3 Å². The number of amides is 1. The third-order valence-electron chi connectivity index (χ3n) is 3.30. The molecule has 3 nitrogen and oxygen atoms in total. The van der Waals surface area contributed by atoms with Gasteiger partial charge in [-0.05, 0) is 25.8 Å². The molecule has 0 aromatic carbocycles. The number of carbonyl (C=O) groups excluding carboxylic acids is 1. The van der Waals surface area contributed by atoms with E-state index in [4.69, 9.17) is 0 Å². The smallest absolute Gasteiger partial charge is 0.227 e. The Labute approximate surface area is 86.6 Å². The predicted molar refractivity (Wildman–Crippen MR) is 58.0 cm³/mol. The second-order valence-electron chi connectivity index (χ2n) is 4.11. The van der Waals surface area contributed by atoms with Crippen LogP contribution in [0.25, 0.3) is 0 Å². The Hall–Kier alpha value is -0.570. The molecule has 0 aromatic heterocycles. The number of hydrogen-bond donors (Lipinski definition) is 2. The molecule has 2 fully saturated rings. The minimum Gasteiger partial charge on any atom is -0.355 e. The van der Waals surface area contributed by atoms with Crippen molar-refractivity contribution in [3.8, 4) is 0 Å². The van der Waals surface area contributed by atoms with Gasteiger partial charge in [-0.15, -0.1) is 0 Å². The molecule has 1 spiro atoms. The highest BCUT2D eigenvalue weighted by Gasteiger charge is 2.58. The van der Waals surface area contributed by atoms with E-state index in [-0.39, 0.29) is 11.3 Å². The SMILES string of the molecule is CC.CNC1C(C)CNC(=O)C12CC2. The van der Waals surface area contributed by atoms with Gasteiger partial charge >= 0.3 is 0 Å². The van der Waals surface area contributed by atoms with Gasteiger partial charge in [0.05, 0.1) is 5.41 Å². The third-order valence-corrected chi connectivity index (χ3v) is 3.30. The Morgan fingerprint density at radius 2 is 2.00 bits per heavy atom. The van der Waals surface area contributed by atoms with Crippen molar-refractivity contribution in [1.29, 1.82) is 0 Å². The maximum absolute atomic E-state index is 11.5. The van der Waals surface area contributed by atoms with Gasteiger partial charge in [-0.25, -0.2) is 0 Å². The molecule has 1 heterocycles. The predicted octanol–water partition coefficient (Wildman–Crippen LogP) is 1.15. The molecule has 0 bridgehead atoms. The van der Waals surface area contributed by atoms with E-state index in [2.05, 4.69) is 17.6 Å². The molecule has 2 aliphatic rings. The maximum Gasteiger partial charge on any atom is 0.227 e. The van der Waals surface area contributed by atoms with Crippen molar-refractivity contribution >= 4 is 5.91 Å². The second kappa shape index (κ2) is 4.30. The molecule has 1 amide bonds. The lowest BCUT2D eigenvalue weighted by atomic mass is 9.82. The first-order valence-corrected chi connectivity index (χ1v) is 5.66. The molecule has 1 saturated heterocycles. The summed E-state index contributed by atoms with van der Waals surface area (Å²) < 4.78 is 0. The van der Waals surface area contributed by atoms with Gasteiger partial charge in [0, 0.05) is 12.6 Å². The highest BCUT2D eigenvalue weighted by Crippen LogP contribution is 2.52. The highest BCUT2D eigenvalue weighted by atomic mass is 16.2. The topological polar surface area (TPSA) is 41.1 Å². The van der Waals surface area contributed by atoms with Crippen molar-refractivity contribution in [3.05, 3.63) is 0 Å². The van der Waals surface area contributed by atoms with Gasteiger partial charge in [0.15, 0.2) is 0 Å². The summed E-state index contributed by atoms with van der Waals surface area (Å²) in [6.45, 7) is 7.02. The molecule has 1 aliphatic carbocycles. The zero-order valence-corrected chi connectivity index (χ0v) is 9.68. The maximum atomic E-state index is 11.5. The van der Waals surface area contributed by atoms with Gasteiger partial charge in [-0.1, -0.05) is 20.8 Å². The van der Waals surface area contributed by atoms with Crippen molar-refractivity contribution < 1.29 is 4.79 Å². The van der Waals surface area contributed by atoms with E-state index in [0.29, 0.717) is 12.0 Å². The molecular formula is C11H22N2O. The summed E-state index contributed by atoms with van der Waals surface area (Å²) in [5.74, 6) is 0.829. The van der Waals surface area contributed by atoms with E-state index in [1.165, 1.54) is 0 Å². The van der Waals surface area contributed by atoms with Crippen molar-refractivity contribution in [2.24, 2.45) is 11.3 Å². The van der Waals surface area contributed by atoms with Crippen LogP contribution >= 0.6 is 0 Å². The van der Waals surface area contributed by atoms with Crippen molar-refractivity contribution in [2.45, 2.75) is 39.7 Å². The van der Waals surface area contributed by atoms with E-state index >= 15 is 0 Å². The Morgan fingerprint density at radius 1 is 1.43 bits per heavy atom. The summed E-state index contributed by atoms with van der Waals surface area (Å²) in [5.41, 5.74) is -0.0353. The summed E-state index contributed by atoms with van der Waals surface area (Å²) in [6, 6.07) is 0.395. The van der Waals surface area contributed by atoms with Gasteiger partial charge in [0.2, 0.25) is 5.91 Å². The molecule has 2 atom stereocenters. The average molecular weight is 198 g/mol. The molecular weight excluding hydrogens is 176 g/mol. The van der Waals surface area contributed by atoms with Crippen LogP contribution in [0.5, 0.6) is 0 Å². The van der Waals surface area contributed by atoms with Crippen molar-refractivity contribution in [2.75, 3.05) is 13.6 Å². The van der Waals surface area contributed by atoms with Crippen LogP contribution in [0.2, 0.25) is 0 Å². The summed E-state index contributed by atoms with van der Waals surface area (Å²) in [6.07, 6.45) is 2.13. The molecule has 14 heavy (non-hydrogen) atoms. The minimum atomic E-state index is -0.0353. The highest BCUT2D eigenvalue weighted by molar-refractivity contribution is 5.87. The Balaban J connectivity index is 0.000000461. The van der Waals surface area contributed by atoms with E-state index in [9.17, 15) is 4.79 Å². The van der Waals surface area contributed by atoms with Gasteiger partial charge < -0.3 is 10.6 Å². The van der Waals surface area contributed by atoms with Crippen LogP contribution in [0.4, 0.5) is 0 Å². The van der Waals surface area contributed by atoms with E-state index < -0.39 is 0 Å². The van der Waals surface area contributed by atoms with Gasteiger partial charge in [0.25, 0.3) is 0 Å². The summed E-state index contributed by atoms with van der Waals surface area (Å²) >= 11 is 0. The largest absolute Gasteiger partial charge is 0.355 e. The number of hydrogen-bond acceptors (Lipinski definition) is 2. The molecule has 2 unspecified atom stereocenters. The molecule has 0 aromatic rings. The molecule has 3 heteroatoms. The van der Waals surface area contributed by atoms with Gasteiger partial charge in [-0.3, -0.25) is 4.79 Å². The fraction of sp³-hybridized carbons (Fsp3) is 0.909. The number of carbonyl (C=O) groups is 1. The number of nitrogens with one attached hydrogen (secondary N) is 2. The molecule has 2 N–H and O–H groups in total. The standard InChI is InChI=1S/C9H16N2O.C2H6/c1-6-5-11-8(12)9(3-4-9)7(6)10-2;1-2/h6-7,10H,3-5H2,1-2H3,(H,11,12);1-2H3. The number of piperidine rings is 1. The molecule has 2 rings (SSSR count). The van der Waals surface area contributed by atoms with Gasteiger partial charge in [0.1, 0.15) is 0 Å². The fourth-order valence-electron chi connectivity index (χ4n) is 2.47. The van der Waals surface area contributed by atoms with Crippen LogP contribution < -0.4 is 10.6 Å². The van der Waals surface area contributed by atoms with Gasteiger partial charge in [-0.2, -0.15) is 0 Å². The lowest BCUT2D eigenvalue weighted by Crippen LogP contribution is -2.56. The lowest BCUT2D eigenvalue weighted by Gasteiger charge is -2.36. The van der Waals surface area contributed by atoms with E-state index in [1.54, 1.807) is 0 Å². The van der Waals surface area contributed by atoms with E-state index in [1.807, 2.05) is 20.9 Å². The number of rotatable bonds is 1. The molecule has 1 aliphatic heterocycles. The molecule has 0 radical (unpaired) electrons. The Bertz CT molecular complexity index is 211. The van der Waals surface area contributed by atoms with Crippen LogP contribution in [0.15, 0.2) is 0 Å². The quantitative estimate of drug-likeness (QED) is 0.663. The minimum absolute atomic E-state index is 0.0353. The summed E-state index contributed by atoms with van der Waals surface area (Å²) in [5, 5.41) is 6.25. The normalized spacial score (nSPS) is 33.0. The van der Waals surface area contributed by atoms with Crippen LogP contribution in [-0.2, 0) is 4.79 Å². The Kier molecular flexibility index (Phi) is 3.53.